The average molecular weight is 476 g/mol. The normalized spacial score (nSPS) is 18.9. The number of aromatic nitrogens is 2. The molecular weight excluding hydrogens is 447 g/mol. The number of imidazole rings is 1. The molecule has 0 saturated carbocycles. The van der Waals surface area contributed by atoms with Gasteiger partial charge in [-0.05, 0) is 62.1 Å². The molecule has 0 radical (unpaired) electrons. The summed E-state index contributed by atoms with van der Waals surface area (Å²) >= 11 is 2.18. The van der Waals surface area contributed by atoms with E-state index in [1.807, 2.05) is 39.5 Å². The molecule has 1 aliphatic heterocycles. The number of likely N-dealkylation sites (N-methyl/N-ethyl adjacent to an activating group) is 1. The first-order valence-corrected chi connectivity index (χ1v) is 10.1. The molecule has 7 nitrogen and oxygen atoms in total. The number of halogens is 1. The predicted octanol–water partition coefficient (Wildman–Crippen LogP) is 3.57. The van der Waals surface area contributed by atoms with Crippen LogP contribution in [-0.2, 0) is 9.53 Å². The van der Waals surface area contributed by atoms with Crippen LogP contribution in [0, 0.1) is 9.62 Å². The van der Waals surface area contributed by atoms with E-state index in [2.05, 4.69) is 32.6 Å². The lowest BCUT2D eigenvalue weighted by atomic mass is 10.0. The SMILES string of the molecule is CC(C)[C@@H](C(=O)N1CCC[C@H]1c1ncc(I)[nH]1)N(C)C(=O)OC(C)(C)C. The maximum absolute atomic E-state index is 13.3. The summed E-state index contributed by atoms with van der Waals surface area (Å²) < 4.78 is 6.40. The summed E-state index contributed by atoms with van der Waals surface area (Å²) in [6, 6.07) is -0.640. The number of nitrogens with zero attached hydrogens (tertiary/aromatic N) is 3. The van der Waals surface area contributed by atoms with E-state index >= 15 is 0 Å². The van der Waals surface area contributed by atoms with Crippen LogP contribution < -0.4 is 0 Å². The smallest absolute Gasteiger partial charge is 0.410 e. The van der Waals surface area contributed by atoms with Crippen LogP contribution in [0.4, 0.5) is 4.79 Å². The van der Waals surface area contributed by atoms with Crippen LogP contribution in [0.1, 0.15) is 59.3 Å². The van der Waals surface area contributed by atoms with Gasteiger partial charge in [0.1, 0.15) is 17.5 Å². The highest BCUT2D eigenvalue weighted by molar-refractivity contribution is 14.1. The van der Waals surface area contributed by atoms with Crippen molar-refractivity contribution in [2.45, 2.75) is 65.1 Å². The Labute approximate surface area is 169 Å². The van der Waals surface area contributed by atoms with Crippen molar-refractivity contribution in [2.24, 2.45) is 5.92 Å². The van der Waals surface area contributed by atoms with Gasteiger partial charge in [-0.25, -0.2) is 9.78 Å². The molecule has 0 aromatic carbocycles. The van der Waals surface area contributed by atoms with Crippen molar-refractivity contribution in [2.75, 3.05) is 13.6 Å². The van der Waals surface area contributed by atoms with Gasteiger partial charge in [-0.15, -0.1) is 0 Å². The minimum Gasteiger partial charge on any atom is -0.444 e. The van der Waals surface area contributed by atoms with Crippen molar-refractivity contribution in [1.82, 2.24) is 19.8 Å². The summed E-state index contributed by atoms with van der Waals surface area (Å²) in [7, 11) is 1.64. The standard InChI is InChI=1S/C18H29IN4O3/c1-11(2)14(22(6)17(25)26-18(3,4)5)16(24)23-9-7-8-12(23)15-20-10-13(19)21-15/h10-12,14H,7-9H2,1-6H3,(H,20,21)/t12-,14-/m0/s1. The van der Waals surface area contributed by atoms with Gasteiger partial charge in [-0.2, -0.15) is 0 Å². The molecule has 8 heteroatoms. The zero-order valence-electron chi connectivity index (χ0n) is 16.4. The average Bonchev–Trinajstić information content (AvgIpc) is 3.13. The zero-order valence-corrected chi connectivity index (χ0v) is 18.5. The Hall–Kier alpha value is -1.32. The molecular formula is C18H29IN4O3. The molecule has 2 atom stereocenters. The van der Waals surface area contributed by atoms with Gasteiger partial charge in [0.15, 0.2) is 0 Å². The van der Waals surface area contributed by atoms with Crippen molar-refractivity contribution in [3.63, 3.8) is 0 Å². The van der Waals surface area contributed by atoms with E-state index in [9.17, 15) is 9.59 Å². The fraction of sp³-hybridized carbons (Fsp3) is 0.722. The van der Waals surface area contributed by atoms with Crippen molar-refractivity contribution >= 4 is 34.6 Å². The van der Waals surface area contributed by atoms with E-state index in [1.165, 1.54) is 4.90 Å². The van der Waals surface area contributed by atoms with Crippen molar-refractivity contribution in [1.29, 1.82) is 0 Å². The quantitative estimate of drug-likeness (QED) is 0.675. The molecule has 1 fully saturated rings. The molecule has 0 spiro atoms. The number of nitrogens with one attached hydrogen (secondary N) is 1. The maximum atomic E-state index is 13.3. The van der Waals surface area contributed by atoms with Gasteiger partial charge in [0.05, 0.1) is 15.9 Å². The molecule has 0 unspecified atom stereocenters. The Morgan fingerprint density at radius 2 is 2.08 bits per heavy atom. The molecule has 1 saturated heterocycles. The van der Waals surface area contributed by atoms with Crippen LogP contribution in [0.25, 0.3) is 0 Å². The second kappa shape index (κ2) is 8.14. The molecule has 1 aromatic heterocycles. The molecule has 2 rings (SSSR count). The molecule has 2 heterocycles. The van der Waals surface area contributed by atoms with E-state index < -0.39 is 17.7 Å². The highest BCUT2D eigenvalue weighted by Gasteiger charge is 2.40. The number of hydrogen-bond donors (Lipinski definition) is 1. The number of H-pyrrole nitrogens is 1. The molecule has 1 aliphatic rings. The van der Waals surface area contributed by atoms with E-state index in [1.54, 1.807) is 13.2 Å². The molecule has 1 aromatic rings. The number of amides is 2. The molecule has 146 valence electrons. The first-order chi connectivity index (χ1) is 12.0. The summed E-state index contributed by atoms with van der Waals surface area (Å²) in [5, 5.41) is 0. The van der Waals surface area contributed by atoms with Crippen molar-refractivity contribution in [3.8, 4) is 0 Å². The summed E-state index contributed by atoms with van der Waals surface area (Å²) in [6.45, 7) is 10.0. The van der Waals surface area contributed by atoms with Crippen LogP contribution in [0.5, 0.6) is 0 Å². The highest BCUT2D eigenvalue weighted by Crippen LogP contribution is 2.32. The third-order valence-electron chi connectivity index (χ3n) is 4.40. The van der Waals surface area contributed by atoms with E-state index in [4.69, 9.17) is 4.74 Å². The fourth-order valence-electron chi connectivity index (χ4n) is 3.31. The van der Waals surface area contributed by atoms with Gasteiger partial charge in [0.2, 0.25) is 5.91 Å². The van der Waals surface area contributed by atoms with Gasteiger partial charge >= 0.3 is 6.09 Å². The lowest BCUT2D eigenvalue weighted by Crippen LogP contribution is -2.52. The van der Waals surface area contributed by atoms with Crippen LogP contribution in [0.3, 0.4) is 0 Å². The summed E-state index contributed by atoms with van der Waals surface area (Å²) in [5.74, 6) is 0.725. The molecule has 2 amide bonds. The van der Waals surface area contributed by atoms with Gasteiger partial charge in [-0.3, -0.25) is 9.69 Å². The minimum atomic E-state index is -0.600. The first-order valence-electron chi connectivity index (χ1n) is 8.98. The second-order valence-electron chi connectivity index (χ2n) is 8.09. The summed E-state index contributed by atoms with van der Waals surface area (Å²) in [5.41, 5.74) is -0.600. The summed E-state index contributed by atoms with van der Waals surface area (Å²) in [4.78, 5) is 36.7. The third-order valence-corrected chi connectivity index (χ3v) is 4.95. The molecule has 0 aliphatic carbocycles. The fourth-order valence-corrected chi connectivity index (χ4v) is 3.73. The van der Waals surface area contributed by atoms with Crippen molar-refractivity contribution in [3.05, 3.63) is 15.7 Å². The number of ether oxygens (including phenoxy) is 1. The van der Waals surface area contributed by atoms with E-state index in [0.29, 0.717) is 6.54 Å². The Kier molecular flexibility index (Phi) is 6.57. The van der Waals surface area contributed by atoms with Gasteiger partial charge in [0.25, 0.3) is 0 Å². The summed E-state index contributed by atoms with van der Waals surface area (Å²) in [6.07, 6.45) is 3.09. The number of aromatic amines is 1. The number of likely N-dealkylation sites (tertiary alicyclic amines) is 1. The lowest BCUT2D eigenvalue weighted by Gasteiger charge is -2.35. The van der Waals surface area contributed by atoms with E-state index in [-0.39, 0.29) is 17.9 Å². The second-order valence-corrected chi connectivity index (χ2v) is 9.25. The number of carbonyl (C=O) groups is 2. The first kappa shape index (κ1) is 21.0. The van der Waals surface area contributed by atoms with Crippen LogP contribution in [-0.4, -0.2) is 57.0 Å². The maximum Gasteiger partial charge on any atom is 0.410 e. The highest BCUT2D eigenvalue weighted by atomic mass is 127. The number of carbonyl (C=O) groups excluding carboxylic acids is 2. The predicted molar refractivity (Wildman–Crippen MR) is 108 cm³/mol. The minimum absolute atomic E-state index is 0.0296. The Bertz CT molecular complexity index is 653. The monoisotopic (exact) mass is 476 g/mol. The zero-order chi connectivity index (χ0) is 19.6. The van der Waals surface area contributed by atoms with Gasteiger partial charge < -0.3 is 14.6 Å². The molecule has 1 N–H and O–H groups in total. The Balaban J connectivity index is 2.20. The molecule has 0 bridgehead atoms. The lowest BCUT2D eigenvalue weighted by molar-refractivity contribution is -0.139. The van der Waals surface area contributed by atoms with Crippen LogP contribution in [0.15, 0.2) is 6.20 Å². The number of rotatable bonds is 4. The Morgan fingerprint density at radius 3 is 2.58 bits per heavy atom. The van der Waals surface area contributed by atoms with Gasteiger partial charge in [0, 0.05) is 13.6 Å². The van der Waals surface area contributed by atoms with Crippen LogP contribution >= 0.6 is 22.6 Å². The number of hydrogen-bond acceptors (Lipinski definition) is 4. The van der Waals surface area contributed by atoms with Crippen molar-refractivity contribution < 1.29 is 14.3 Å². The topological polar surface area (TPSA) is 78.5 Å². The molecule has 26 heavy (non-hydrogen) atoms. The third kappa shape index (κ3) is 4.89. The van der Waals surface area contributed by atoms with Gasteiger partial charge in [-0.1, -0.05) is 13.8 Å². The van der Waals surface area contributed by atoms with Crippen LogP contribution in [0.2, 0.25) is 0 Å². The Morgan fingerprint density at radius 1 is 1.42 bits per heavy atom. The largest absolute Gasteiger partial charge is 0.444 e. The van der Waals surface area contributed by atoms with E-state index in [0.717, 1.165) is 22.4 Å².